The lowest BCUT2D eigenvalue weighted by Crippen LogP contribution is -2.16. The number of oxazole rings is 1. The number of hydrogen-bond donors (Lipinski definition) is 1. The van der Waals surface area contributed by atoms with Gasteiger partial charge in [-0.15, -0.1) is 0 Å². The molecule has 0 aliphatic rings. The Balaban J connectivity index is 2.06. The molecule has 0 aromatic carbocycles. The quantitative estimate of drug-likeness (QED) is 0.479. The van der Waals surface area contributed by atoms with Gasteiger partial charge < -0.3 is 14.2 Å². The second kappa shape index (κ2) is 5.46. The van der Waals surface area contributed by atoms with Gasteiger partial charge in [-0.1, -0.05) is 6.92 Å². The van der Waals surface area contributed by atoms with Crippen LogP contribution in [0, 0.1) is 10.1 Å². The number of aromatic nitrogens is 1. The van der Waals surface area contributed by atoms with Gasteiger partial charge in [-0.3, -0.25) is 10.1 Å². The largest absolute Gasteiger partial charge is 0.437 e. The Morgan fingerprint density at radius 1 is 1.39 bits per heavy atom. The molecule has 0 radical (unpaired) electrons. The lowest BCUT2D eigenvalue weighted by atomic mass is 10.4. The fraction of sp³-hybridized carbons (Fsp3) is 0.364. The average molecular weight is 251 g/mol. The second-order valence-corrected chi connectivity index (χ2v) is 3.62. The van der Waals surface area contributed by atoms with Crippen molar-refractivity contribution in [2.24, 2.45) is 0 Å². The molecule has 0 atom stereocenters. The average Bonchev–Trinajstić information content (AvgIpc) is 2.97. The van der Waals surface area contributed by atoms with Gasteiger partial charge in [-0.2, -0.15) is 0 Å². The third-order valence-electron chi connectivity index (χ3n) is 2.33. The highest BCUT2D eigenvalue weighted by molar-refractivity contribution is 5.50. The SMILES string of the molecule is CCNCCc1ncc(-c2ccc([N+](=O)[O-])o2)o1. The second-order valence-electron chi connectivity index (χ2n) is 3.62. The maximum absolute atomic E-state index is 10.5. The highest BCUT2D eigenvalue weighted by atomic mass is 16.6. The lowest BCUT2D eigenvalue weighted by molar-refractivity contribution is -0.401. The summed E-state index contributed by atoms with van der Waals surface area (Å²) in [7, 11) is 0. The molecule has 0 unspecified atom stereocenters. The molecule has 2 aromatic rings. The summed E-state index contributed by atoms with van der Waals surface area (Å²) in [5.74, 6) is 0.971. The van der Waals surface area contributed by atoms with Crippen LogP contribution >= 0.6 is 0 Å². The van der Waals surface area contributed by atoms with E-state index in [9.17, 15) is 10.1 Å². The van der Waals surface area contributed by atoms with Crippen LogP contribution in [0.1, 0.15) is 12.8 Å². The van der Waals surface area contributed by atoms with Crippen molar-refractivity contribution in [3.8, 4) is 11.5 Å². The monoisotopic (exact) mass is 251 g/mol. The van der Waals surface area contributed by atoms with E-state index in [2.05, 4.69) is 10.3 Å². The highest BCUT2D eigenvalue weighted by Gasteiger charge is 2.16. The summed E-state index contributed by atoms with van der Waals surface area (Å²) in [5.41, 5.74) is 0. The van der Waals surface area contributed by atoms with Crippen LogP contribution in [-0.2, 0) is 6.42 Å². The van der Waals surface area contributed by atoms with Crippen molar-refractivity contribution < 1.29 is 13.8 Å². The number of nitrogens with one attached hydrogen (secondary N) is 1. The third-order valence-corrected chi connectivity index (χ3v) is 2.33. The van der Waals surface area contributed by atoms with Crippen LogP contribution < -0.4 is 5.32 Å². The third kappa shape index (κ3) is 2.75. The van der Waals surface area contributed by atoms with Gasteiger partial charge in [0.05, 0.1) is 12.3 Å². The van der Waals surface area contributed by atoms with Crippen LogP contribution in [0.2, 0.25) is 0 Å². The first-order valence-electron chi connectivity index (χ1n) is 5.60. The number of furan rings is 1. The highest BCUT2D eigenvalue weighted by Crippen LogP contribution is 2.26. The molecule has 0 saturated carbocycles. The van der Waals surface area contributed by atoms with E-state index in [4.69, 9.17) is 8.83 Å². The molecule has 0 bridgehead atoms. The maximum Gasteiger partial charge on any atom is 0.433 e. The van der Waals surface area contributed by atoms with E-state index in [1.54, 1.807) is 0 Å². The van der Waals surface area contributed by atoms with Gasteiger partial charge in [0.1, 0.15) is 4.92 Å². The summed E-state index contributed by atoms with van der Waals surface area (Å²) in [4.78, 5) is 14.0. The first-order valence-corrected chi connectivity index (χ1v) is 5.60. The molecule has 2 heterocycles. The lowest BCUT2D eigenvalue weighted by Gasteiger charge is -1.96. The molecule has 0 aliphatic heterocycles. The summed E-state index contributed by atoms with van der Waals surface area (Å²) in [6.45, 7) is 3.68. The summed E-state index contributed by atoms with van der Waals surface area (Å²) >= 11 is 0. The molecule has 7 nitrogen and oxygen atoms in total. The molecule has 2 rings (SSSR count). The molecule has 0 saturated heterocycles. The van der Waals surface area contributed by atoms with Crippen LogP contribution in [0.4, 0.5) is 5.88 Å². The fourth-order valence-electron chi connectivity index (χ4n) is 1.47. The normalized spacial score (nSPS) is 10.7. The van der Waals surface area contributed by atoms with Gasteiger partial charge in [0.15, 0.2) is 17.4 Å². The molecule has 0 aliphatic carbocycles. The molecule has 96 valence electrons. The van der Waals surface area contributed by atoms with E-state index < -0.39 is 4.92 Å². The van der Waals surface area contributed by atoms with Crippen molar-refractivity contribution in [1.82, 2.24) is 10.3 Å². The summed E-state index contributed by atoms with van der Waals surface area (Å²) in [5, 5.41) is 13.6. The number of rotatable bonds is 6. The van der Waals surface area contributed by atoms with Gasteiger partial charge in [0.2, 0.25) is 0 Å². The zero-order valence-corrected chi connectivity index (χ0v) is 9.88. The topological polar surface area (TPSA) is 94.3 Å². The smallest absolute Gasteiger partial charge is 0.433 e. The number of nitro groups is 1. The van der Waals surface area contributed by atoms with Gasteiger partial charge in [-0.25, -0.2) is 4.98 Å². The Bertz CT molecular complexity index is 532. The Labute approximate surface area is 103 Å². The molecule has 7 heteroatoms. The molecule has 0 amide bonds. The molecule has 0 fully saturated rings. The minimum absolute atomic E-state index is 0.309. The van der Waals surface area contributed by atoms with Gasteiger partial charge in [-0.05, 0) is 12.6 Å². The minimum Gasteiger partial charge on any atom is -0.437 e. The van der Waals surface area contributed by atoms with E-state index >= 15 is 0 Å². The summed E-state index contributed by atoms with van der Waals surface area (Å²) in [6, 6.07) is 2.78. The van der Waals surface area contributed by atoms with Crippen molar-refractivity contribution in [2.45, 2.75) is 13.3 Å². The van der Waals surface area contributed by atoms with Crippen molar-refractivity contribution in [3.05, 3.63) is 34.3 Å². The molecule has 0 spiro atoms. The van der Waals surface area contributed by atoms with E-state index in [0.29, 0.717) is 23.8 Å². The fourth-order valence-corrected chi connectivity index (χ4v) is 1.47. The Morgan fingerprint density at radius 3 is 2.89 bits per heavy atom. The van der Waals surface area contributed by atoms with E-state index in [1.807, 2.05) is 6.92 Å². The van der Waals surface area contributed by atoms with E-state index in [1.165, 1.54) is 18.3 Å². The molecule has 1 N–H and O–H groups in total. The van der Waals surface area contributed by atoms with Crippen LogP contribution in [0.3, 0.4) is 0 Å². The number of likely N-dealkylation sites (N-methyl/N-ethyl adjacent to an activating group) is 1. The van der Waals surface area contributed by atoms with Gasteiger partial charge >= 0.3 is 5.88 Å². The Kier molecular flexibility index (Phi) is 3.73. The van der Waals surface area contributed by atoms with Crippen molar-refractivity contribution in [2.75, 3.05) is 13.1 Å². The van der Waals surface area contributed by atoms with Gasteiger partial charge in [0.25, 0.3) is 0 Å². The van der Waals surface area contributed by atoms with Crippen molar-refractivity contribution in [1.29, 1.82) is 0 Å². The molecular formula is C11H13N3O4. The molecule has 18 heavy (non-hydrogen) atoms. The number of nitrogens with zero attached hydrogens (tertiary/aromatic N) is 2. The Hall–Kier alpha value is -2.15. The summed E-state index contributed by atoms with van der Waals surface area (Å²) < 4.78 is 10.5. The summed E-state index contributed by atoms with van der Waals surface area (Å²) in [6.07, 6.45) is 2.17. The number of hydrogen-bond acceptors (Lipinski definition) is 6. The zero-order chi connectivity index (χ0) is 13.0. The van der Waals surface area contributed by atoms with E-state index in [-0.39, 0.29) is 5.88 Å². The Morgan fingerprint density at radius 2 is 2.22 bits per heavy atom. The standard InChI is InChI=1S/C11H13N3O4/c1-2-12-6-5-10-13-7-9(17-10)8-3-4-11(18-8)14(15)16/h3-4,7,12H,2,5-6H2,1H3. The zero-order valence-electron chi connectivity index (χ0n) is 9.88. The van der Waals surface area contributed by atoms with Crippen LogP contribution in [0.5, 0.6) is 0 Å². The van der Waals surface area contributed by atoms with Crippen molar-refractivity contribution >= 4 is 5.88 Å². The van der Waals surface area contributed by atoms with Crippen LogP contribution in [0.25, 0.3) is 11.5 Å². The molecular weight excluding hydrogens is 238 g/mol. The van der Waals surface area contributed by atoms with E-state index in [0.717, 1.165) is 13.1 Å². The van der Waals surface area contributed by atoms with Gasteiger partial charge in [0, 0.05) is 13.0 Å². The van der Waals surface area contributed by atoms with Crippen LogP contribution in [0.15, 0.2) is 27.2 Å². The van der Waals surface area contributed by atoms with Crippen molar-refractivity contribution in [3.63, 3.8) is 0 Å². The molecule has 2 aromatic heterocycles. The maximum atomic E-state index is 10.5. The van der Waals surface area contributed by atoms with Crippen LogP contribution in [-0.4, -0.2) is 23.0 Å². The minimum atomic E-state index is -0.591. The first-order chi connectivity index (χ1) is 8.70. The predicted molar refractivity (Wildman–Crippen MR) is 63.1 cm³/mol. The predicted octanol–water partition coefficient (Wildman–Crippen LogP) is 1.99. The first kappa shape index (κ1) is 12.3.